The molecule has 0 spiro atoms. The molecule has 21 heavy (non-hydrogen) atoms. The second-order valence-corrected chi connectivity index (χ2v) is 5.51. The number of benzene rings is 1. The van der Waals surface area contributed by atoms with Gasteiger partial charge in [0.1, 0.15) is 0 Å². The third-order valence-electron chi connectivity index (χ3n) is 2.79. The minimum absolute atomic E-state index is 0. The van der Waals surface area contributed by atoms with E-state index in [-0.39, 0.29) is 53.8 Å². The molecule has 0 radical (unpaired) electrons. The summed E-state index contributed by atoms with van der Waals surface area (Å²) in [6.07, 6.45) is -0.349. The number of fused-ring (bicyclic) bond motifs is 1. The van der Waals surface area contributed by atoms with Crippen LogP contribution < -0.4 is 4.90 Å². The van der Waals surface area contributed by atoms with Gasteiger partial charge in [0.25, 0.3) is 21.8 Å². The van der Waals surface area contributed by atoms with Gasteiger partial charge in [-0.05, 0) is 18.2 Å². The van der Waals surface area contributed by atoms with E-state index in [0.717, 1.165) is 17.0 Å². The van der Waals surface area contributed by atoms with Crippen LogP contribution in [0.1, 0.15) is 16.8 Å². The molecule has 1 heterocycles. The summed E-state index contributed by atoms with van der Waals surface area (Å²) < 4.78 is 30.9. The molecule has 1 aromatic carbocycles. The summed E-state index contributed by atoms with van der Waals surface area (Å²) in [7, 11) is -4.48. The van der Waals surface area contributed by atoms with E-state index in [2.05, 4.69) is 0 Å². The molecule has 1 aromatic rings. The van der Waals surface area contributed by atoms with E-state index in [0.29, 0.717) is 0 Å². The van der Waals surface area contributed by atoms with E-state index in [1.165, 1.54) is 6.07 Å². The maximum absolute atomic E-state index is 11.7. The van der Waals surface area contributed by atoms with Crippen LogP contribution in [0.3, 0.4) is 0 Å². The zero-order valence-corrected chi connectivity index (χ0v) is 10.8. The number of carbonyl (C=O) groups is 3. The molecule has 2 rings (SSSR count). The van der Waals surface area contributed by atoms with Gasteiger partial charge in [-0.3, -0.25) is 18.9 Å². The van der Waals surface area contributed by atoms with Gasteiger partial charge in [0.05, 0.1) is 22.6 Å². The fraction of sp³-hybridized carbons (Fsp3) is 0.182. The number of ketones is 1. The summed E-state index contributed by atoms with van der Waals surface area (Å²) in [5.74, 6) is -2.99. The van der Waals surface area contributed by atoms with Crippen molar-refractivity contribution in [2.24, 2.45) is 0 Å². The van der Waals surface area contributed by atoms with Crippen LogP contribution in [-0.2, 0) is 19.7 Å². The Kier molecular flexibility index (Phi) is 5.29. The summed E-state index contributed by atoms with van der Waals surface area (Å²) in [5, 5.41) is 8.59. The van der Waals surface area contributed by atoms with E-state index in [9.17, 15) is 22.8 Å². The molecule has 2 N–H and O–H groups in total. The number of carbonyl (C=O) groups excluding carboxylic acids is 2. The predicted octanol–water partition coefficient (Wildman–Crippen LogP) is -0.711. The Hall–Kier alpha value is -1.26. The van der Waals surface area contributed by atoms with Crippen molar-refractivity contribution >= 4 is 63.0 Å². The van der Waals surface area contributed by atoms with Crippen molar-refractivity contribution in [3.05, 3.63) is 23.8 Å². The molecule has 0 atom stereocenters. The van der Waals surface area contributed by atoms with E-state index in [4.69, 9.17) is 9.66 Å². The normalized spacial score (nSPS) is 13.9. The second kappa shape index (κ2) is 6.24. The van der Waals surface area contributed by atoms with E-state index < -0.39 is 32.7 Å². The number of Topliss-reactive ketones (excluding diaryl/α,β-unsaturated/α-hetero) is 1. The number of hydrogen-bond acceptors (Lipinski definition) is 5. The molecule has 10 heteroatoms. The van der Waals surface area contributed by atoms with E-state index in [1.807, 2.05) is 0 Å². The molecule has 0 saturated heterocycles. The summed E-state index contributed by atoms with van der Waals surface area (Å²) in [5.41, 5.74) is -0.0378. The van der Waals surface area contributed by atoms with Crippen molar-refractivity contribution in [2.45, 2.75) is 11.3 Å². The first kappa shape index (κ1) is 17.8. The van der Waals surface area contributed by atoms with Crippen LogP contribution in [0, 0.1) is 0 Å². The molecule has 8 nitrogen and oxygen atoms in total. The molecule has 0 aliphatic carbocycles. The van der Waals surface area contributed by atoms with Crippen LogP contribution in [0.15, 0.2) is 23.1 Å². The van der Waals surface area contributed by atoms with Crippen molar-refractivity contribution in [3.63, 3.8) is 0 Å². The van der Waals surface area contributed by atoms with Crippen molar-refractivity contribution in [1.29, 1.82) is 0 Å². The zero-order chi connectivity index (χ0) is 15.1. The number of rotatable bonds is 4. The zero-order valence-electron chi connectivity index (χ0n) is 9.94. The van der Waals surface area contributed by atoms with E-state index >= 15 is 0 Å². The Morgan fingerprint density at radius 3 is 2.38 bits per heavy atom. The van der Waals surface area contributed by atoms with Crippen LogP contribution in [-0.4, -0.2) is 71.8 Å². The van der Waals surface area contributed by atoms with E-state index in [1.54, 1.807) is 0 Å². The van der Waals surface area contributed by atoms with Gasteiger partial charge >= 0.3 is 35.5 Å². The third kappa shape index (κ3) is 3.50. The molecule has 1 amide bonds. The monoisotopic (exact) mass is 323 g/mol. The Balaban J connectivity index is 0.00000220. The van der Waals surface area contributed by atoms with Gasteiger partial charge in [-0.2, -0.15) is 8.42 Å². The van der Waals surface area contributed by atoms with Gasteiger partial charge in [0.15, 0.2) is 0 Å². The first-order chi connectivity index (χ1) is 9.21. The maximum atomic E-state index is 11.7. The van der Waals surface area contributed by atoms with Gasteiger partial charge in [-0.1, -0.05) is 0 Å². The number of anilines is 1. The molecule has 0 unspecified atom stereocenters. The van der Waals surface area contributed by atoms with Crippen LogP contribution in [0.5, 0.6) is 0 Å². The van der Waals surface area contributed by atoms with Crippen molar-refractivity contribution in [1.82, 2.24) is 0 Å². The molecular formula is C11H10NNaO7S. The summed E-state index contributed by atoms with van der Waals surface area (Å²) >= 11 is 0. The number of carboxylic acids is 1. The van der Waals surface area contributed by atoms with Gasteiger partial charge < -0.3 is 10.0 Å². The Morgan fingerprint density at radius 1 is 1.24 bits per heavy atom. The molecule has 108 valence electrons. The standard InChI is InChI=1S/C11H9NO7S.Na.H/c13-9(14)3-4-12-8-2-1-6(20(17,18)19)5-7(8)10(15)11(12)16;;/h1-2,5H,3-4H2,(H,13,14)(H,17,18,19);;. The summed E-state index contributed by atoms with van der Waals surface area (Å²) in [6, 6.07) is 3.11. The minimum atomic E-state index is -4.48. The average Bonchev–Trinajstić information content (AvgIpc) is 2.58. The quantitative estimate of drug-likeness (QED) is 0.425. The van der Waals surface area contributed by atoms with Crippen LogP contribution in [0.4, 0.5) is 5.69 Å². The molecule has 0 aromatic heterocycles. The Bertz CT molecular complexity index is 728. The Labute approximate surface area is 141 Å². The van der Waals surface area contributed by atoms with Gasteiger partial charge in [-0.15, -0.1) is 0 Å². The summed E-state index contributed by atoms with van der Waals surface area (Å²) in [4.78, 5) is 34.4. The van der Waals surface area contributed by atoms with Crippen molar-refractivity contribution in [2.75, 3.05) is 11.4 Å². The Morgan fingerprint density at radius 2 is 1.86 bits per heavy atom. The number of nitrogens with zero attached hydrogens (tertiary/aromatic N) is 1. The molecule has 0 saturated carbocycles. The molecular weight excluding hydrogens is 313 g/mol. The molecule has 1 aliphatic heterocycles. The van der Waals surface area contributed by atoms with Gasteiger partial charge in [-0.25, -0.2) is 0 Å². The predicted molar refractivity (Wildman–Crippen MR) is 72.3 cm³/mol. The molecule has 1 aliphatic rings. The topological polar surface area (TPSA) is 129 Å². The van der Waals surface area contributed by atoms with Gasteiger partial charge in [0, 0.05) is 6.54 Å². The van der Waals surface area contributed by atoms with Crippen LogP contribution >= 0.6 is 0 Å². The van der Waals surface area contributed by atoms with Crippen LogP contribution in [0.2, 0.25) is 0 Å². The third-order valence-corrected chi connectivity index (χ3v) is 3.64. The fourth-order valence-corrected chi connectivity index (χ4v) is 2.38. The fourth-order valence-electron chi connectivity index (χ4n) is 1.87. The molecule has 0 fully saturated rings. The SMILES string of the molecule is O=C(O)CCN1C(=O)C(=O)c2cc(S(=O)(=O)O)ccc21.[NaH]. The number of aliphatic carboxylic acids is 1. The molecule has 0 bridgehead atoms. The van der Waals surface area contributed by atoms with Gasteiger partial charge in [0.2, 0.25) is 0 Å². The van der Waals surface area contributed by atoms with Crippen molar-refractivity contribution < 1.29 is 32.5 Å². The summed E-state index contributed by atoms with van der Waals surface area (Å²) in [6.45, 7) is -0.196. The number of amides is 1. The number of carboxylic acid groups (broad SMARTS) is 1. The van der Waals surface area contributed by atoms with Crippen molar-refractivity contribution in [3.8, 4) is 0 Å². The first-order valence-electron chi connectivity index (χ1n) is 5.41. The number of hydrogen-bond donors (Lipinski definition) is 2. The first-order valence-corrected chi connectivity index (χ1v) is 6.85. The van der Waals surface area contributed by atoms with Crippen LogP contribution in [0.25, 0.3) is 0 Å². The second-order valence-electron chi connectivity index (χ2n) is 4.08. The average molecular weight is 323 g/mol.